The highest BCUT2D eigenvalue weighted by Gasteiger charge is 1.74. The molecule has 1 aromatic rings. The molecule has 1 aromatic heterocycles. The summed E-state index contributed by atoms with van der Waals surface area (Å²) in [7, 11) is 1.97. The first-order chi connectivity index (χ1) is 2.89. The number of H-pyrrole nitrogens is 1. The van der Waals surface area contributed by atoms with E-state index in [9.17, 15) is 0 Å². The van der Waals surface area contributed by atoms with Gasteiger partial charge in [0.1, 0.15) is 0 Å². The van der Waals surface area contributed by atoms with Crippen molar-refractivity contribution in [3.05, 3.63) is 12.5 Å². The quantitative estimate of drug-likeness (QED) is 0.384. The molecule has 0 unspecified atom stereocenters. The van der Waals surface area contributed by atoms with Crippen LogP contribution in [0.3, 0.4) is 0 Å². The van der Waals surface area contributed by atoms with Gasteiger partial charge < -0.3 is 4.98 Å². The number of nitrogens with one attached hydrogen (secondary N) is 1. The van der Waals surface area contributed by atoms with Crippen LogP contribution >= 0.6 is 0 Å². The summed E-state index contributed by atoms with van der Waals surface area (Å²) < 4.78 is 0. The van der Waals surface area contributed by atoms with Crippen molar-refractivity contribution < 1.29 is 0 Å². The lowest BCUT2D eigenvalue weighted by molar-refractivity contribution is 1.32. The van der Waals surface area contributed by atoms with Crippen LogP contribution in [0.4, 0.5) is 0 Å². The number of rotatable bonds is 0. The minimum atomic E-state index is 1.11. The van der Waals surface area contributed by atoms with Crippen LogP contribution in [-0.2, 0) is 0 Å². The van der Waals surface area contributed by atoms with E-state index >= 15 is 0 Å². The van der Waals surface area contributed by atoms with E-state index in [1.165, 1.54) is 0 Å². The van der Waals surface area contributed by atoms with Crippen molar-refractivity contribution in [1.29, 1.82) is 0 Å². The predicted octanol–water partition coefficient (Wildman–Crippen LogP) is -1.33. The largest absolute Gasteiger partial charge is 0.358 e. The Bertz CT molecular complexity index is 112. The maximum absolute atomic E-state index is 3.77. The fourth-order valence-corrected chi connectivity index (χ4v) is 0.325. The van der Waals surface area contributed by atoms with Gasteiger partial charge in [-0.05, 0) is 5.59 Å². The first kappa shape index (κ1) is 3.46. The fraction of sp³-hybridized carbons (Fsp3) is 0. The molecular formula is C3H5BN2. The molecule has 0 saturated carbocycles. The Kier molecular flexibility index (Phi) is 0.672. The molecule has 1 rings (SSSR count). The molecule has 6 heavy (non-hydrogen) atoms. The SMILES string of the molecule is Bc1cnc[nH]1. The third-order valence-electron chi connectivity index (χ3n) is 0.635. The van der Waals surface area contributed by atoms with Gasteiger partial charge in [0, 0.05) is 6.20 Å². The van der Waals surface area contributed by atoms with Gasteiger partial charge in [0.25, 0.3) is 0 Å². The van der Waals surface area contributed by atoms with E-state index in [-0.39, 0.29) is 0 Å². The van der Waals surface area contributed by atoms with Gasteiger partial charge in [-0.25, -0.2) is 4.98 Å². The third-order valence-corrected chi connectivity index (χ3v) is 0.635. The van der Waals surface area contributed by atoms with Gasteiger partial charge in [0.15, 0.2) is 7.85 Å². The van der Waals surface area contributed by atoms with Crippen LogP contribution in [0, 0.1) is 0 Å². The molecule has 3 heteroatoms. The number of aromatic amines is 1. The lowest BCUT2D eigenvalue weighted by Crippen LogP contribution is -1.99. The number of aromatic nitrogens is 2. The lowest BCUT2D eigenvalue weighted by Gasteiger charge is -1.67. The molecule has 0 spiro atoms. The summed E-state index contributed by atoms with van der Waals surface area (Å²) in [6, 6.07) is 0. The molecule has 0 aliphatic heterocycles. The summed E-state index contributed by atoms with van der Waals surface area (Å²) in [4.78, 5) is 6.66. The Hall–Kier alpha value is -0.725. The van der Waals surface area contributed by atoms with Crippen LogP contribution < -0.4 is 5.59 Å². The lowest BCUT2D eigenvalue weighted by atomic mass is 10.1. The van der Waals surface area contributed by atoms with E-state index in [2.05, 4.69) is 9.97 Å². The zero-order valence-corrected chi connectivity index (χ0v) is 3.60. The minimum absolute atomic E-state index is 1.11. The fourth-order valence-electron chi connectivity index (χ4n) is 0.325. The van der Waals surface area contributed by atoms with Gasteiger partial charge in [0.2, 0.25) is 0 Å². The van der Waals surface area contributed by atoms with Crippen LogP contribution in [-0.4, -0.2) is 17.8 Å². The maximum Gasteiger partial charge on any atom is 0.162 e. The molecule has 0 aliphatic carbocycles. The highest BCUT2D eigenvalue weighted by molar-refractivity contribution is 6.30. The van der Waals surface area contributed by atoms with Gasteiger partial charge >= 0.3 is 0 Å². The molecule has 0 radical (unpaired) electrons. The number of hydrogen-bond donors (Lipinski definition) is 1. The van der Waals surface area contributed by atoms with E-state index < -0.39 is 0 Å². The molecule has 0 aromatic carbocycles. The average molecular weight is 79.9 g/mol. The molecule has 0 saturated heterocycles. The second-order valence-electron chi connectivity index (χ2n) is 1.23. The predicted molar refractivity (Wildman–Crippen MR) is 26.8 cm³/mol. The van der Waals surface area contributed by atoms with Crippen molar-refractivity contribution in [2.24, 2.45) is 0 Å². The smallest absolute Gasteiger partial charge is 0.162 e. The molecule has 30 valence electrons. The molecule has 0 aliphatic rings. The molecule has 0 amide bonds. The Labute approximate surface area is 37.0 Å². The summed E-state index contributed by atoms with van der Waals surface area (Å²) in [5.74, 6) is 0. The number of hydrogen-bond acceptors (Lipinski definition) is 1. The minimum Gasteiger partial charge on any atom is -0.358 e. The first-order valence-corrected chi connectivity index (χ1v) is 1.84. The Morgan fingerprint density at radius 1 is 1.83 bits per heavy atom. The van der Waals surface area contributed by atoms with E-state index in [0.717, 1.165) is 5.59 Å². The van der Waals surface area contributed by atoms with Crippen molar-refractivity contribution >= 4 is 13.4 Å². The molecular weight excluding hydrogens is 74.9 g/mol. The number of nitrogens with zero attached hydrogens (tertiary/aromatic N) is 1. The molecule has 0 atom stereocenters. The molecule has 1 N–H and O–H groups in total. The Morgan fingerprint density at radius 3 is 2.83 bits per heavy atom. The van der Waals surface area contributed by atoms with Gasteiger partial charge in [-0.1, -0.05) is 0 Å². The third kappa shape index (κ3) is 0.430. The van der Waals surface area contributed by atoms with Crippen LogP contribution in [0.5, 0.6) is 0 Å². The average Bonchev–Trinajstić information content (AvgIpc) is 1.86. The Balaban J connectivity index is 3.05. The normalized spacial score (nSPS) is 8.67. The van der Waals surface area contributed by atoms with Crippen molar-refractivity contribution in [3.8, 4) is 0 Å². The topological polar surface area (TPSA) is 28.7 Å². The van der Waals surface area contributed by atoms with Crippen molar-refractivity contribution in [2.75, 3.05) is 0 Å². The summed E-state index contributed by atoms with van der Waals surface area (Å²) in [5.41, 5.74) is 1.11. The van der Waals surface area contributed by atoms with Gasteiger partial charge in [-0.3, -0.25) is 0 Å². The molecule has 0 bridgehead atoms. The molecule has 0 fully saturated rings. The van der Waals surface area contributed by atoms with E-state index in [1.54, 1.807) is 12.5 Å². The second-order valence-corrected chi connectivity index (χ2v) is 1.23. The summed E-state index contributed by atoms with van der Waals surface area (Å²) in [6.07, 6.45) is 3.44. The van der Waals surface area contributed by atoms with E-state index in [1.807, 2.05) is 7.85 Å². The zero-order valence-electron chi connectivity index (χ0n) is 3.60. The van der Waals surface area contributed by atoms with Gasteiger partial charge in [-0.15, -0.1) is 0 Å². The summed E-state index contributed by atoms with van der Waals surface area (Å²) >= 11 is 0. The van der Waals surface area contributed by atoms with Crippen LogP contribution in [0.1, 0.15) is 0 Å². The Morgan fingerprint density at radius 2 is 2.67 bits per heavy atom. The molecule has 2 nitrogen and oxygen atoms in total. The highest BCUT2D eigenvalue weighted by Crippen LogP contribution is 1.58. The van der Waals surface area contributed by atoms with Crippen molar-refractivity contribution in [2.45, 2.75) is 0 Å². The van der Waals surface area contributed by atoms with Gasteiger partial charge in [-0.2, -0.15) is 0 Å². The van der Waals surface area contributed by atoms with Crippen LogP contribution in [0.25, 0.3) is 0 Å². The van der Waals surface area contributed by atoms with Crippen LogP contribution in [0.2, 0.25) is 0 Å². The monoisotopic (exact) mass is 80.1 g/mol. The second kappa shape index (κ2) is 1.16. The maximum atomic E-state index is 3.77. The zero-order chi connectivity index (χ0) is 4.41. The molecule has 1 heterocycles. The number of imidazole rings is 1. The summed E-state index contributed by atoms with van der Waals surface area (Å²) in [6.45, 7) is 0. The van der Waals surface area contributed by atoms with Crippen LogP contribution in [0.15, 0.2) is 12.5 Å². The first-order valence-electron chi connectivity index (χ1n) is 1.84. The van der Waals surface area contributed by atoms with Crippen molar-refractivity contribution in [1.82, 2.24) is 9.97 Å². The standard InChI is InChI=1S/C3H5BN2/c4-3-1-5-2-6-3/h1-2H,4H2,(H,5,6). The van der Waals surface area contributed by atoms with Crippen molar-refractivity contribution in [3.63, 3.8) is 0 Å². The van der Waals surface area contributed by atoms with E-state index in [0.29, 0.717) is 0 Å². The van der Waals surface area contributed by atoms with Gasteiger partial charge in [0.05, 0.1) is 6.33 Å². The van der Waals surface area contributed by atoms with E-state index in [4.69, 9.17) is 0 Å². The highest BCUT2D eigenvalue weighted by atomic mass is 14.8. The summed E-state index contributed by atoms with van der Waals surface area (Å²) in [5, 5.41) is 0.